The van der Waals surface area contributed by atoms with Crippen LogP contribution in [0.2, 0.25) is 5.02 Å². The van der Waals surface area contributed by atoms with Crippen molar-refractivity contribution in [2.24, 2.45) is 0 Å². The molecule has 2 N–H and O–H groups in total. The molecule has 1 aromatic carbocycles. The maximum atomic E-state index is 13.1. The van der Waals surface area contributed by atoms with Gasteiger partial charge in [-0.05, 0) is 30.1 Å². The van der Waals surface area contributed by atoms with Crippen molar-refractivity contribution in [3.8, 4) is 0 Å². The number of imidazole rings is 1. The van der Waals surface area contributed by atoms with E-state index in [1.165, 1.54) is 7.11 Å². The number of carbonyl (C=O) groups excluding carboxylic acids is 2. The first-order chi connectivity index (χ1) is 13.6. The number of thioether (sulfide) groups is 1. The van der Waals surface area contributed by atoms with Crippen LogP contribution in [0.3, 0.4) is 0 Å². The molecule has 2 unspecified atom stereocenters. The topological polar surface area (TPSA) is 87.3 Å². The Hall–Kier alpha value is -2.19. The van der Waals surface area contributed by atoms with Crippen molar-refractivity contribution < 1.29 is 14.3 Å². The van der Waals surface area contributed by atoms with E-state index in [-0.39, 0.29) is 6.03 Å². The molecule has 0 saturated carbocycles. The summed E-state index contributed by atoms with van der Waals surface area (Å²) in [5.41, 5.74) is 2.56. The van der Waals surface area contributed by atoms with Gasteiger partial charge in [0.1, 0.15) is 12.1 Å². The van der Waals surface area contributed by atoms with E-state index in [9.17, 15) is 9.59 Å². The Labute approximate surface area is 173 Å². The van der Waals surface area contributed by atoms with Crippen molar-refractivity contribution in [1.29, 1.82) is 0 Å². The second-order valence-corrected chi connectivity index (χ2v) is 7.83. The quantitative estimate of drug-likeness (QED) is 0.699. The first-order valence-corrected chi connectivity index (χ1v) is 10.7. The molecule has 3 rings (SSSR count). The van der Waals surface area contributed by atoms with Gasteiger partial charge < -0.3 is 19.9 Å². The number of ether oxygens (including phenoxy) is 1. The summed E-state index contributed by atoms with van der Waals surface area (Å²) in [5, 5.41) is 3.40. The highest BCUT2D eigenvalue weighted by atomic mass is 35.5. The third kappa shape index (κ3) is 4.28. The fourth-order valence-corrected chi connectivity index (χ4v) is 4.08. The van der Waals surface area contributed by atoms with E-state index >= 15 is 0 Å². The molecule has 7 nitrogen and oxygen atoms in total. The van der Waals surface area contributed by atoms with Crippen LogP contribution in [0.4, 0.5) is 4.79 Å². The normalized spacial score (nSPS) is 17.0. The third-order valence-electron chi connectivity index (χ3n) is 4.78. The van der Waals surface area contributed by atoms with Crippen LogP contribution < -0.4 is 5.32 Å². The van der Waals surface area contributed by atoms with E-state index in [1.54, 1.807) is 29.1 Å². The number of H-pyrrole nitrogens is 1. The lowest BCUT2D eigenvalue weighted by Gasteiger charge is -2.36. The number of rotatable bonds is 6. The monoisotopic (exact) mass is 422 g/mol. The lowest BCUT2D eigenvalue weighted by molar-refractivity contribution is -0.142. The van der Waals surface area contributed by atoms with E-state index in [0.29, 0.717) is 24.4 Å². The van der Waals surface area contributed by atoms with Gasteiger partial charge in [-0.25, -0.2) is 14.6 Å². The Bertz CT molecular complexity index is 844. The van der Waals surface area contributed by atoms with Crippen LogP contribution >= 0.6 is 23.4 Å². The molecule has 1 aromatic heterocycles. The number of esters is 1. The van der Waals surface area contributed by atoms with E-state index < -0.39 is 18.1 Å². The number of amides is 2. The van der Waals surface area contributed by atoms with Gasteiger partial charge in [-0.2, -0.15) is 11.8 Å². The first-order valence-electron chi connectivity index (χ1n) is 8.97. The second kappa shape index (κ2) is 9.34. The fourth-order valence-electron chi connectivity index (χ4n) is 3.37. The molecule has 0 aliphatic carbocycles. The van der Waals surface area contributed by atoms with Crippen molar-refractivity contribution in [1.82, 2.24) is 20.2 Å². The molecule has 28 heavy (non-hydrogen) atoms. The molecule has 2 heterocycles. The van der Waals surface area contributed by atoms with Crippen molar-refractivity contribution in [3.05, 3.63) is 52.6 Å². The SMILES string of the molecule is COC(=O)C(CCSC)NC(=O)N1CCc2[nH]cnc2C1c1ccccc1Cl. The Morgan fingerprint density at radius 1 is 1.46 bits per heavy atom. The van der Waals surface area contributed by atoms with Gasteiger partial charge in [0.05, 0.1) is 19.1 Å². The first kappa shape index (κ1) is 20.5. The lowest BCUT2D eigenvalue weighted by Crippen LogP contribution is -2.51. The summed E-state index contributed by atoms with van der Waals surface area (Å²) in [6, 6.07) is 5.95. The summed E-state index contributed by atoms with van der Waals surface area (Å²) in [6.07, 6.45) is 4.73. The van der Waals surface area contributed by atoms with E-state index in [0.717, 1.165) is 22.7 Å². The summed E-state index contributed by atoms with van der Waals surface area (Å²) in [5.74, 6) is 0.284. The minimum atomic E-state index is -0.697. The minimum Gasteiger partial charge on any atom is -0.467 e. The molecular weight excluding hydrogens is 400 g/mol. The van der Waals surface area contributed by atoms with Crippen LogP contribution in [0.25, 0.3) is 0 Å². The van der Waals surface area contributed by atoms with E-state index in [1.807, 2.05) is 24.5 Å². The number of carbonyl (C=O) groups is 2. The van der Waals surface area contributed by atoms with Crippen molar-refractivity contribution >= 4 is 35.4 Å². The zero-order valence-electron chi connectivity index (χ0n) is 15.8. The number of urea groups is 1. The number of aromatic amines is 1. The van der Waals surface area contributed by atoms with Gasteiger partial charge in [-0.1, -0.05) is 29.8 Å². The van der Waals surface area contributed by atoms with Gasteiger partial charge in [0, 0.05) is 23.7 Å². The third-order valence-corrected chi connectivity index (χ3v) is 5.77. The molecule has 2 amide bonds. The molecule has 2 atom stereocenters. The predicted octanol–water partition coefficient (Wildman–Crippen LogP) is 3.01. The van der Waals surface area contributed by atoms with Gasteiger partial charge in [0.25, 0.3) is 0 Å². The number of nitrogens with one attached hydrogen (secondary N) is 2. The van der Waals surface area contributed by atoms with Crippen LogP contribution in [0, 0.1) is 0 Å². The number of methoxy groups -OCH3 is 1. The molecule has 1 aliphatic rings. The summed E-state index contributed by atoms with van der Waals surface area (Å²) in [4.78, 5) is 34.5. The Morgan fingerprint density at radius 3 is 2.96 bits per heavy atom. The van der Waals surface area contributed by atoms with Gasteiger partial charge >= 0.3 is 12.0 Å². The summed E-state index contributed by atoms with van der Waals surface area (Å²) in [7, 11) is 1.32. The molecule has 0 radical (unpaired) electrons. The molecule has 1 aliphatic heterocycles. The number of hydrogen-bond donors (Lipinski definition) is 2. The number of aromatic nitrogens is 2. The Morgan fingerprint density at radius 2 is 2.25 bits per heavy atom. The highest BCUT2D eigenvalue weighted by Gasteiger charge is 2.36. The molecule has 0 spiro atoms. The van der Waals surface area contributed by atoms with Crippen molar-refractivity contribution in [2.75, 3.05) is 25.7 Å². The second-order valence-electron chi connectivity index (χ2n) is 6.44. The molecule has 2 aromatic rings. The minimum absolute atomic E-state index is 0.338. The van der Waals surface area contributed by atoms with Crippen LogP contribution in [0.1, 0.15) is 29.4 Å². The summed E-state index contributed by atoms with van der Waals surface area (Å²) < 4.78 is 4.85. The molecule has 0 bridgehead atoms. The molecule has 0 fully saturated rings. The van der Waals surface area contributed by atoms with E-state index in [4.69, 9.17) is 16.3 Å². The zero-order chi connectivity index (χ0) is 20.1. The molecule has 0 saturated heterocycles. The van der Waals surface area contributed by atoms with Gasteiger partial charge in [0.15, 0.2) is 0 Å². The van der Waals surface area contributed by atoms with Gasteiger partial charge in [-0.3, -0.25) is 0 Å². The lowest BCUT2D eigenvalue weighted by atomic mass is 9.96. The fraction of sp³-hybridized carbons (Fsp3) is 0.421. The summed E-state index contributed by atoms with van der Waals surface area (Å²) >= 11 is 8.04. The van der Waals surface area contributed by atoms with Crippen molar-refractivity contribution in [3.63, 3.8) is 0 Å². The standard InChI is InChI=1S/C19H23ClN4O3S/c1-27-18(25)15(8-10-28-2)23-19(26)24-9-7-14-16(22-11-21-14)17(24)12-5-3-4-6-13(12)20/h3-6,11,15,17H,7-10H2,1-2H3,(H,21,22)(H,23,26). The number of fused-ring (bicyclic) bond motifs is 1. The maximum absolute atomic E-state index is 13.1. The number of nitrogens with zero attached hydrogens (tertiary/aromatic N) is 2. The Balaban J connectivity index is 1.89. The number of benzene rings is 1. The highest BCUT2D eigenvalue weighted by molar-refractivity contribution is 7.98. The maximum Gasteiger partial charge on any atom is 0.328 e. The molecular formula is C19H23ClN4O3S. The average Bonchev–Trinajstić information content (AvgIpc) is 3.19. The Kier molecular flexibility index (Phi) is 6.85. The predicted molar refractivity (Wildman–Crippen MR) is 110 cm³/mol. The largest absolute Gasteiger partial charge is 0.467 e. The van der Waals surface area contributed by atoms with Gasteiger partial charge in [-0.15, -0.1) is 0 Å². The van der Waals surface area contributed by atoms with Crippen LogP contribution in [0.5, 0.6) is 0 Å². The van der Waals surface area contributed by atoms with Crippen LogP contribution in [0.15, 0.2) is 30.6 Å². The molecule has 9 heteroatoms. The number of hydrogen-bond acceptors (Lipinski definition) is 5. The number of halogens is 1. The van der Waals surface area contributed by atoms with Crippen LogP contribution in [-0.2, 0) is 16.0 Å². The zero-order valence-corrected chi connectivity index (χ0v) is 17.3. The van der Waals surface area contributed by atoms with Crippen LogP contribution in [-0.4, -0.2) is 58.6 Å². The smallest absolute Gasteiger partial charge is 0.328 e. The summed E-state index contributed by atoms with van der Waals surface area (Å²) in [6.45, 7) is 0.480. The average molecular weight is 423 g/mol. The van der Waals surface area contributed by atoms with Crippen molar-refractivity contribution in [2.45, 2.75) is 24.9 Å². The molecule has 150 valence electrons. The van der Waals surface area contributed by atoms with E-state index in [2.05, 4.69) is 15.3 Å². The van der Waals surface area contributed by atoms with Gasteiger partial charge in [0.2, 0.25) is 0 Å². The highest BCUT2D eigenvalue weighted by Crippen LogP contribution is 2.36.